The monoisotopic (exact) mass is 347 g/mol. The molecule has 0 bridgehead atoms. The van der Waals surface area contributed by atoms with Crippen molar-refractivity contribution in [3.8, 4) is 0 Å². The minimum absolute atomic E-state index is 0.0614. The number of rotatable bonds is 3. The highest BCUT2D eigenvalue weighted by Crippen LogP contribution is 2.33. The zero-order valence-corrected chi connectivity index (χ0v) is 14.8. The number of aromatic nitrogens is 2. The molecule has 5 nitrogen and oxygen atoms in total. The zero-order valence-electron chi connectivity index (χ0n) is 14.8. The smallest absolute Gasteiger partial charge is 0.275 e. The van der Waals surface area contributed by atoms with Crippen molar-refractivity contribution in [3.63, 3.8) is 0 Å². The van der Waals surface area contributed by atoms with Gasteiger partial charge in [-0.1, -0.05) is 48.5 Å². The van der Waals surface area contributed by atoms with Crippen LogP contribution in [0.3, 0.4) is 0 Å². The largest absolute Gasteiger partial charge is 0.330 e. The summed E-state index contributed by atoms with van der Waals surface area (Å²) in [5.74, 6) is -0.102. The Bertz CT molecular complexity index is 1010. The minimum Gasteiger partial charge on any atom is -0.330 e. The standard InChI is InChI=1S/C21H21N3O2/c1-2-24-20(25)17-12-7-6-11-16(17)19(22-24)21(26)23-14-8-13-18(23)15-9-4-3-5-10-15/h3-7,9-12,18H,2,8,13-14H2,1H3/t18-/m0/s1. The Balaban J connectivity index is 1.81. The van der Waals surface area contributed by atoms with Crippen LogP contribution in [0.5, 0.6) is 0 Å². The highest BCUT2D eigenvalue weighted by molar-refractivity contribution is 6.05. The van der Waals surface area contributed by atoms with Gasteiger partial charge in [0.15, 0.2) is 5.69 Å². The van der Waals surface area contributed by atoms with E-state index in [1.807, 2.05) is 48.2 Å². The van der Waals surface area contributed by atoms with Crippen LogP contribution in [0.25, 0.3) is 10.8 Å². The second-order valence-electron chi connectivity index (χ2n) is 6.58. The van der Waals surface area contributed by atoms with Crippen molar-refractivity contribution in [2.75, 3.05) is 6.54 Å². The Hall–Kier alpha value is -2.95. The number of carbonyl (C=O) groups is 1. The maximum absolute atomic E-state index is 13.4. The third-order valence-electron chi connectivity index (χ3n) is 5.07. The Kier molecular flexibility index (Phi) is 4.29. The summed E-state index contributed by atoms with van der Waals surface area (Å²) in [7, 11) is 0. The number of carbonyl (C=O) groups excluding carboxylic acids is 1. The Morgan fingerprint density at radius 1 is 1.08 bits per heavy atom. The van der Waals surface area contributed by atoms with Gasteiger partial charge in [-0.05, 0) is 31.4 Å². The minimum atomic E-state index is -0.152. The Morgan fingerprint density at radius 3 is 2.50 bits per heavy atom. The summed E-state index contributed by atoms with van der Waals surface area (Å²) in [6, 6.07) is 17.4. The van der Waals surface area contributed by atoms with Gasteiger partial charge in [0.2, 0.25) is 0 Å². The summed E-state index contributed by atoms with van der Waals surface area (Å²) in [6.07, 6.45) is 1.91. The number of amides is 1. The molecule has 0 N–H and O–H groups in total. The molecule has 1 saturated heterocycles. The molecule has 4 rings (SSSR count). The Morgan fingerprint density at radius 2 is 1.77 bits per heavy atom. The fourth-order valence-corrected chi connectivity index (χ4v) is 3.77. The Labute approximate surface area is 151 Å². The number of fused-ring (bicyclic) bond motifs is 1. The zero-order chi connectivity index (χ0) is 18.1. The van der Waals surface area contributed by atoms with Crippen molar-refractivity contribution in [1.29, 1.82) is 0 Å². The molecule has 2 heterocycles. The van der Waals surface area contributed by atoms with Crippen LogP contribution < -0.4 is 5.56 Å². The quantitative estimate of drug-likeness (QED) is 0.730. The van der Waals surface area contributed by atoms with Crippen molar-refractivity contribution in [2.24, 2.45) is 0 Å². The highest BCUT2D eigenvalue weighted by Gasteiger charge is 2.32. The van der Waals surface area contributed by atoms with E-state index >= 15 is 0 Å². The number of benzene rings is 2. The van der Waals surface area contributed by atoms with Crippen molar-refractivity contribution >= 4 is 16.7 Å². The molecule has 0 saturated carbocycles. The molecule has 2 aromatic carbocycles. The molecule has 1 aliphatic heterocycles. The molecule has 0 aliphatic carbocycles. The first kappa shape index (κ1) is 16.5. The van der Waals surface area contributed by atoms with E-state index in [0.717, 1.165) is 18.4 Å². The fraction of sp³-hybridized carbons (Fsp3) is 0.286. The average Bonchev–Trinajstić information content (AvgIpc) is 3.18. The fourth-order valence-electron chi connectivity index (χ4n) is 3.77. The van der Waals surface area contributed by atoms with E-state index in [1.165, 1.54) is 4.68 Å². The van der Waals surface area contributed by atoms with Crippen LogP contribution in [-0.2, 0) is 6.54 Å². The second kappa shape index (κ2) is 6.75. The second-order valence-corrected chi connectivity index (χ2v) is 6.58. The van der Waals surface area contributed by atoms with E-state index in [0.29, 0.717) is 29.6 Å². The predicted molar refractivity (Wildman–Crippen MR) is 101 cm³/mol. The van der Waals surface area contributed by atoms with Gasteiger partial charge >= 0.3 is 0 Å². The lowest BCUT2D eigenvalue weighted by atomic mass is 10.0. The molecule has 1 aliphatic rings. The first-order chi connectivity index (χ1) is 12.7. The van der Waals surface area contributed by atoms with Crippen LogP contribution >= 0.6 is 0 Å². The van der Waals surface area contributed by atoms with Crippen molar-refractivity contribution in [1.82, 2.24) is 14.7 Å². The molecule has 3 aromatic rings. The van der Waals surface area contributed by atoms with Gasteiger partial charge < -0.3 is 4.90 Å². The van der Waals surface area contributed by atoms with Crippen LogP contribution in [-0.4, -0.2) is 27.1 Å². The summed E-state index contributed by atoms with van der Waals surface area (Å²) in [5, 5.41) is 5.58. The maximum atomic E-state index is 13.4. The molecule has 1 amide bonds. The molecule has 26 heavy (non-hydrogen) atoms. The van der Waals surface area contributed by atoms with E-state index < -0.39 is 0 Å². The molecular weight excluding hydrogens is 326 g/mol. The molecule has 1 atom stereocenters. The summed E-state index contributed by atoms with van der Waals surface area (Å²) in [6.45, 7) is 3.01. The lowest BCUT2D eigenvalue weighted by Gasteiger charge is -2.25. The van der Waals surface area contributed by atoms with Crippen LogP contribution in [0.1, 0.15) is 41.9 Å². The van der Waals surface area contributed by atoms with Gasteiger partial charge in [0.25, 0.3) is 11.5 Å². The molecule has 1 aromatic heterocycles. The van der Waals surface area contributed by atoms with Gasteiger partial charge in [0, 0.05) is 18.5 Å². The van der Waals surface area contributed by atoms with E-state index in [-0.39, 0.29) is 17.5 Å². The van der Waals surface area contributed by atoms with Crippen LogP contribution in [0.2, 0.25) is 0 Å². The van der Waals surface area contributed by atoms with E-state index in [4.69, 9.17) is 0 Å². The third-order valence-corrected chi connectivity index (χ3v) is 5.07. The first-order valence-corrected chi connectivity index (χ1v) is 9.06. The molecule has 132 valence electrons. The SMILES string of the molecule is CCn1nc(C(=O)N2CCC[C@H]2c2ccccc2)c2ccccc2c1=O. The summed E-state index contributed by atoms with van der Waals surface area (Å²) >= 11 is 0. The summed E-state index contributed by atoms with van der Waals surface area (Å²) in [5.41, 5.74) is 1.36. The number of nitrogens with zero attached hydrogens (tertiary/aromatic N) is 3. The number of aryl methyl sites for hydroxylation is 1. The predicted octanol–water partition coefficient (Wildman–Crippen LogP) is 3.39. The van der Waals surface area contributed by atoms with E-state index in [9.17, 15) is 9.59 Å². The maximum Gasteiger partial charge on any atom is 0.275 e. The van der Waals surface area contributed by atoms with Gasteiger partial charge in [-0.25, -0.2) is 4.68 Å². The molecule has 1 fully saturated rings. The van der Waals surface area contributed by atoms with Gasteiger partial charge in [0.05, 0.1) is 11.4 Å². The van der Waals surface area contributed by atoms with Crippen LogP contribution in [0.15, 0.2) is 59.4 Å². The average molecular weight is 347 g/mol. The number of hydrogen-bond donors (Lipinski definition) is 0. The highest BCUT2D eigenvalue weighted by atomic mass is 16.2. The molecule has 5 heteroatoms. The van der Waals surface area contributed by atoms with Crippen LogP contribution in [0.4, 0.5) is 0 Å². The van der Waals surface area contributed by atoms with Gasteiger partial charge in [-0.15, -0.1) is 0 Å². The van der Waals surface area contributed by atoms with Crippen molar-refractivity contribution < 1.29 is 4.79 Å². The molecule has 0 spiro atoms. The summed E-state index contributed by atoms with van der Waals surface area (Å²) < 4.78 is 1.38. The first-order valence-electron chi connectivity index (χ1n) is 9.06. The molecule has 0 unspecified atom stereocenters. The number of hydrogen-bond acceptors (Lipinski definition) is 3. The van der Waals surface area contributed by atoms with Gasteiger partial charge in [-0.3, -0.25) is 9.59 Å². The summed E-state index contributed by atoms with van der Waals surface area (Å²) in [4.78, 5) is 27.8. The van der Waals surface area contributed by atoms with Gasteiger partial charge in [-0.2, -0.15) is 5.10 Å². The van der Waals surface area contributed by atoms with Crippen LogP contribution in [0, 0.1) is 0 Å². The lowest BCUT2D eigenvalue weighted by molar-refractivity contribution is 0.0729. The van der Waals surface area contributed by atoms with Crippen molar-refractivity contribution in [2.45, 2.75) is 32.4 Å². The van der Waals surface area contributed by atoms with E-state index in [2.05, 4.69) is 17.2 Å². The lowest BCUT2D eigenvalue weighted by Crippen LogP contribution is -2.34. The topological polar surface area (TPSA) is 55.2 Å². The van der Waals surface area contributed by atoms with Crippen molar-refractivity contribution in [3.05, 3.63) is 76.2 Å². The third kappa shape index (κ3) is 2.69. The normalized spacial score (nSPS) is 17.0. The van der Waals surface area contributed by atoms with Gasteiger partial charge in [0.1, 0.15) is 0 Å². The van der Waals surface area contributed by atoms with E-state index in [1.54, 1.807) is 6.07 Å². The number of likely N-dealkylation sites (tertiary alicyclic amines) is 1. The molecule has 0 radical (unpaired) electrons. The molecular formula is C21H21N3O2.